The van der Waals surface area contributed by atoms with Gasteiger partial charge in [0.15, 0.2) is 0 Å². The SMILES string of the molecule is O=CNC(CCSCC1CCC(F)(F)C1)C(=O)O. The van der Waals surface area contributed by atoms with Crippen molar-refractivity contribution in [1.29, 1.82) is 0 Å². The summed E-state index contributed by atoms with van der Waals surface area (Å²) in [7, 11) is 0. The van der Waals surface area contributed by atoms with Gasteiger partial charge in [0, 0.05) is 12.8 Å². The van der Waals surface area contributed by atoms with Crippen molar-refractivity contribution in [3.63, 3.8) is 0 Å². The second-order valence-electron chi connectivity index (χ2n) is 4.50. The molecule has 0 spiro atoms. The van der Waals surface area contributed by atoms with Crippen LogP contribution in [0.1, 0.15) is 25.7 Å². The minimum atomic E-state index is -2.52. The van der Waals surface area contributed by atoms with Gasteiger partial charge in [-0.05, 0) is 30.3 Å². The van der Waals surface area contributed by atoms with Crippen LogP contribution in [0.5, 0.6) is 0 Å². The van der Waals surface area contributed by atoms with E-state index < -0.39 is 17.9 Å². The standard InChI is InChI=1S/C11H17F2NO3S/c12-11(13)3-1-8(5-11)6-18-4-2-9(10(16)17)14-7-15/h7-9H,1-6H2,(H,14,15)(H,16,17). The van der Waals surface area contributed by atoms with Gasteiger partial charge in [0.1, 0.15) is 6.04 Å². The molecule has 0 saturated heterocycles. The first-order valence-electron chi connectivity index (χ1n) is 5.82. The number of rotatable bonds is 8. The first-order valence-corrected chi connectivity index (χ1v) is 6.98. The molecule has 2 unspecified atom stereocenters. The summed E-state index contributed by atoms with van der Waals surface area (Å²) in [6.45, 7) is 0. The maximum absolute atomic E-state index is 12.9. The van der Waals surface area contributed by atoms with E-state index in [0.29, 0.717) is 30.8 Å². The Morgan fingerprint density at radius 3 is 2.83 bits per heavy atom. The zero-order valence-corrected chi connectivity index (χ0v) is 10.7. The molecule has 4 nitrogen and oxygen atoms in total. The third kappa shape index (κ3) is 5.20. The second kappa shape index (κ2) is 6.92. The van der Waals surface area contributed by atoms with E-state index in [1.54, 1.807) is 0 Å². The van der Waals surface area contributed by atoms with Crippen molar-refractivity contribution in [3.05, 3.63) is 0 Å². The predicted molar refractivity (Wildman–Crippen MR) is 64.9 cm³/mol. The van der Waals surface area contributed by atoms with Crippen LogP contribution in [0, 0.1) is 5.92 Å². The van der Waals surface area contributed by atoms with Gasteiger partial charge in [-0.15, -0.1) is 0 Å². The lowest BCUT2D eigenvalue weighted by molar-refractivity contribution is -0.140. The number of carbonyl (C=O) groups excluding carboxylic acids is 1. The first kappa shape index (κ1) is 15.2. The lowest BCUT2D eigenvalue weighted by Gasteiger charge is -2.12. The summed E-state index contributed by atoms with van der Waals surface area (Å²) in [5.41, 5.74) is 0. The van der Waals surface area contributed by atoms with Gasteiger partial charge in [-0.3, -0.25) is 4.79 Å². The average molecular weight is 281 g/mol. The highest BCUT2D eigenvalue weighted by Crippen LogP contribution is 2.40. The smallest absolute Gasteiger partial charge is 0.326 e. The maximum atomic E-state index is 12.9. The zero-order chi connectivity index (χ0) is 13.6. The Bertz CT molecular complexity index is 302. The highest BCUT2D eigenvalue weighted by atomic mass is 32.2. The molecule has 1 fully saturated rings. The quantitative estimate of drug-likeness (QED) is 0.525. The number of carboxylic acid groups (broad SMARTS) is 1. The lowest BCUT2D eigenvalue weighted by atomic mass is 10.1. The highest BCUT2D eigenvalue weighted by molar-refractivity contribution is 7.99. The number of halogens is 2. The van der Waals surface area contributed by atoms with Gasteiger partial charge in [-0.1, -0.05) is 0 Å². The molecule has 0 aliphatic heterocycles. The number of amides is 1. The molecule has 1 amide bonds. The van der Waals surface area contributed by atoms with Crippen molar-refractivity contribution in [3.8, 4) is 0 Å². The van der Waals surface area contributed by atoms with Gasteiger partial charge < -0.3 is 10.4 Å². The minimum Gasteiger partial charge on any atom is -0.480 e. The van der Waals surface area contributed by atoms with E-state index in [1.165, 1.54) is 11.8 Å². The van der Waals surface area contributed by atoms with Crippen LogP contribution < -0.4 is 5.32 Å². The molecule has 0 bridgehead atoms. The Balaban J connectivity index is 2.14. The summed E-state index contributed by atoms with van der Waals surface area (Å²) in [5, 5.41) is 11.0. The van der Waals surface area contributed by atoms with Crippen LogP contribution in [-0.2, 0) is 9.59 Å². The fraction of sp³-hybridized carbons (Fsp3) is 0.818. The fourth-order valence-electron chi connectivity index (χ4n) is 2.00. The zero-order valence-electron chi connectivity index (χ0n) is 9.90. The summed E-state index contributed by atoms with van der Waals surface area (Å²) in [4.78, 5) is 20.9. The molecule has 1 aliphatic carbocycles. The molecule has 1 saturated carbocycles. The van der Waals surface area contributed by atoms with Crippen LogP contribution in [0.2, 0.25) is 0 Å². The molecule has 18 heavy (non-hydrogen) atoms. The summed E-state index contributed by atoms with van der Waals surface area (Å²) in [6.07, 6.45) is 1.11. The van der Waals surface area contributed by atoms with Crippen LogP contribution in [0.15, 0.2) is 0 Å². The van der Waals surface area contributed by atoms with Gasteiger partial charge >= 0.3 is 5.97 Å². The van der Waals surface area contributed by atoms with Crippen molar-refractivity contribution in [2.45, 2.75) is 37.6 Å². The van der Waals surface area contributed by atoms with Crippen molar-refractivity contribution >= 4 is 24.1 Å². The molecule has 104 valence electrons. The molecule has 1 rings (SSSR count). The third-order valence-electron chi connectivity index (χ3n) is 2.98. The molecule has 2 atom stereocenters. The van der Waals surface area contributed by atoms with Gasteiger partial charge in [0.05, 0.1) is 0 Å². The van der Waals surface area contributed by atoms with Crippen LogP contribution >= 0.6 is 11.8 Å². The maximum Gasteiger partial charge on any atom is 0.326 e. The number of hydrogen-bond acceptors (Lipinski definition) is 3. The van der Waals surface area contributed by atoms with E-state index in [9.17, 15) is 18.4 Å². The number of carboxylic acids is 1. The van der Waals surface area contributed by atoms with E-state index in [4.69, 9.17) is 5.11 Å². The third-order valence-corrected chi connectivity index (χ3v) is 4.21. The van der Waals surface area contributed by atoms with Crippen LogP contribution in [0.25, 0.3) is 0 Å². The Labute approximate surface area is 109 Å². The van der Waals surface area contributed by atoms with Crippen LogP contribution in [0.3, 0.4) is 0 Å². The summed E-state index contributed by atoms with van der Waals surface area (Å²) in [5.74, 6) is -2.40. The number of alkyl halides is 2. The first-order chi connectivity index (χ1) is 8.44. The molecule has 0 aromatic rings. The van der Waals surface area contributed by atoms with E-state index in [1.807, 2.05) is 0 Å². The molecule has 0 aromatic heterocycles. The predicted octanol–water partition coefficient (Wildman–Crippen LogP) is 1.74. The summed E-state index contributed by atoms with van der Waals surface area (Å²) < 4.78 is 25.8. The normalized spacial score (nSPS) is 23.6. The van der Waals surface area contributed by atoms with Crippen LogP contribution in [0.4, 0.5) is 8.78 Å². The molecule has 2 N–H and O–H groups in total. The van der Waals surface area contributed by atoms with Gasteiger partial charge in [0.2, 0.25) is 12.3 Å². The monoisotopic (exact) mass is 281 g/mol. The fourth-order valence-corrected chi connectivity index (χ4v) is 3.18. The van der Waals surface area contributed by atoms with E-state index >= 15 is 0 Å². The Morgan fingerprint density at radius 2 is 2.33 bits per heavy atom. The van der Waals surface area contributed by atoms with Crippen molar-refractivity contribution in [2.75, 3.05) is 11.5 Å². The van der Waals surface area contributed by atoms with E-state index in [2.05, 4.69) is 5.32 Å². The van der Waals surface area contributed by atoms with Gasteiger partial charge in [-0.25, -0.2) is 13.6 Å². The summed E-state index contributed by atoms with van der Waals surface area (Å²) >= 11 is 1.47. The summed E-state index contributed by atoms with van der Waals surface area (Å²) in [6, 6.07) is -0.889. The van der Waals surface area contributed by atoms with E-state index in [0.717, 1.165) is 0 Å². The Hall–Kier alpha value is -0.850. The largest absolute Gasteiger partial charge is 0.480 e. The van der Waals surface area contributed by atoms with Crippen molar-refractivity contribution < 1.29 is 23.5 Å². The molecule has 1 aliphatic rings. The number of thioether (sulfide) groups is 1. The minimum absolute atomic E-state index is 0.0207. The van der Waals surface area contributed by atoms with E-state index in [-0.39, 0.29) is 18.8 Å². The van der Waals surface area contributed by atoms with Crippen LogP contribution in [-0.4, -0.2) is 41.0 Å². The lowest BCUT2D eigenvalue weighted by Crippen LogP contribution is -2.36. The number of nitrogens with one attached hydrogen (secondary N) is 1. The van der Waals surface area contributed by atoms with Gasteiger partial charge in [-0.2, -0.15) is 11.8 Å². The molecule has 0 aromatic carbocycles. The molecular formula is C11H17F2NO3S. The number of hydrogen-bond donors (Lipinski definition) is 2. The second-order valence-corrected chi connectivity index (χ2v) is 5.65. The number of aliphatic carboxylic acids is 1. The molecule has 0 radical (unpaired) electrons. The average Bonchev–Trinajstić information content (AvgIpc) is 2.62. The Kier molecular flexibility index (Phi) is 5.84. The Morgan fingerprint density at radius 1 is 1.61 bits per heavy atom. The van der Waals surface area contributed by atoms with Crippen molar-refractivity contribution in [1.82, 2.24) is 5.32 Å². The number of carbonyl (C=O) groups is 2. The topological polar surface area (TPSA) is 66.4 Å². The highest BCUT2D eigenvalue weighted by Gasteiger charge is 2.38. The van der Waals surface area contributed by atoms with Gasteiger partial charge in [0.25, 0.3) is 0 Å². The van der Waals surface area contributed by atoms with Crippen molar-refractivity contribution in [2.24, 2.45) is 5.92 Å². The molecular weight excluding hydrogens is 264 g/mol. The molecule has 0 heterocycles. The molecule has 7 heteroatoms.